The molecule has 5 rings (SSSR count). The monoisotopic (exact) mass is 429 g/mol. The zero-order chi connectivity index (χ0) is 22.4. The molecule has 2 N–H and O–H groups in total. The van der Waals surface area contributed by atoms with E-state index < -0.39 is 5.91 Å². The van der Waals surface area contributed by atoms with Gasteiger partial charge in [0.1, 0.15) is 11.2 Å². The van der Waals surface area contributed by atoms with Crippen LogP contribution in [0.2, 0.25) is 0 Å². The van der Waals surface area contributed by atoms with E-state index >= 15 is 0 Å². The molecule has 0 saturated carbocycles. The fourth-order valence-electron chi connectivity index (χ4n) is 3.48. The van der Waals surface area contributed by atoms with Crippen molar-refractivity contribution in [1.82, 2.24) is 29.5 Å². The van der Waals surface area contributed by atoms with Crippen molar-refractivity contribution in [2.75, 3.05) is 5.32 Å². The summed E-state index contributed by atoms with van der Waals surface area (Å²) in [5.74, 6) is 0.196. The van der Waals surface area contributed by atoms with Crippen LogP contribution in [0.5, 0.6) is 0 Å². The maximum absolute atomic E-state index is 12.8. The van der Waals surface area contributed by atoms with Crippen LogP contribution in [0, 0.1) is 20.8 Å². The second-order valence-corrected chi connectivity index (χ2v) is 7.42. The van der Waals surface area contributed by atoms with Crippen molar-refractivity contribution in [2.24, 2.45) is 0 Å². The van der Waals surface area contributed by atoms with Crippen LogP contribution in [0.3, 0.4) is 0 Å². The summed E-state index contributed by atoms with van der Waals surface area (Å²) in [6.07, 6.45) is 2.90. The maximum Gasteiger partial charge on any atom is 0.292 e. The summed E-state index contributed by atoms with van der Waals surface area (Å²) in [5.41, 5.74) is 3.61. The number of H-pyrrole nitrogens is 1. The minimum atomic E-state index is -0.444. The lowest BCUT2D eigenvalue weighted by molar-refractivity contribution is 0.0996. The number of aryl methyl sites for hydroxylation is 2. The molecule has 10 nitrogen and oxygen atoms in total. The van der Waals surface area contributed by atoms with E-state index in [4.69, 9.17) is 4.42 Å². The molecule has 160 valence electrons. The number of fused-ring (bicyclic) bond motifs is 1. The molecule has 1 amide bonds. The summed E-state index contributed by atoms with van der Waals surface area (Å²) in [6.45, 7) is 5.78. The van der Waals surface area contributed by atoms with E-state index in [0.717, 1.165) is 16.8 Å². The van der Waals surface area contributed by atoms with Gasteiger partial charge in [0.2, 0.25) is 5.95 Å². The molecule has 0 unspecified atom stereocenters. The number of aromatic nitrogens is 6. The summed E-state index contributed by atoms with van der Waals surface area (Å²) in [5, 5.41) is 11.9. The van der Waals surface area contributed by atoms with Crippen molar-refractivity contribution >= 4 is 22.8 Å². The van der Waals surface area contributed by atoms with Crippen molar-refractivity contribution in [3.8, 4) is 11.6 Å². The van der Waals surface area contributed by atoms with Crippen molar-refractivity contribution in [3.05, 3.63) is 81.8 Å². The Morgan fingerprint density at radius 2 is 1.97 bits per heavy atom. The van der Waals surface area contributed by atoms with Crippen LogP contribution in [0.1, 0.15) is 27.4 Å². The predicted octanol–water partition coefficient (Wildman–Crippen LogP) is 3.07. The largest absolute Gasteiger partial charge is 0.459 e. The first-order valence-corrected chi connectivity index (χ1v) is 9.89. The molecule has 0 saturated heterocycles. The van der Waals surface area contributed by atoms with E-state index in [9.17, 15) is 9.59 Å². The van der Waals surface area contributed by atoms with Crippen molar-refractivity contribution in [1.29, 1.82) is 0 Å². The Balaban J connectivity index is 1.64. The predicted molar refractivity (Wildman–Crippen MR) is 117 cm³/mol. The molecular formula is C22H19N7O3. The molecule has 0 atom stereocenters. The first-order chi connectivity index (χ1) is 15.4. The van der Waals surface area contributed by atoms with Gasteiger partial charge in [0.05, 0.1) is 23.8 Å². The van der Waals surface area contributed by atoms with Crippen molar-refractivity contribution in [3.63, 3.8) is 0 Å². The van der Waals surface area contributed by atoms with Crippen LogP contribution >= 0.6 is 0 Å². The van der Waals surface area contributed by atoms with E-state index in [1.807, 2.05) is 32.0 Å². The summed E-state index contributed by atoms with van der Waals surface area (Å²) >= 11 is 0. The lowest BCUT2D eigenvalue weighted by atomic mass is 10.1. The molecule has 0 aliphatic carbocycles. The Labute approximate surface area is 181 Å². The van der Waals surface area contributed by atoms with Crippen LogP contribution in [-0.2, 0) is 0 Å². The Bertz CT molecular complexity index is 1520. The van der Waals surface area contributed by atoms with Crippen LogP contribution < -0.4 is 10.9 Å². The number of benzene rings is 1. The van der Waals surface area contributed by atoms with Gasteiger partial charge < -0.3 is 9.73 Å². The number of anilines is 1. The first-order valence-electron chi connectivity index (χ1n) is 9.89. The van der Waals surface area contributed by atoms with Gasteiger partial charge in [-0.15, -0.1) is 0 Å². The number of furan rings is 1. The number of hydrogen-bond donors (Lipinski definition) is 2. The van der Waals surface area contributed by atoms with Crippen molar-refractivity contribution in [2.45, 2.75) is 20.8 Å². The highest BCUT2D eigenvalue weighted by Crippen LogP contribution is 2.21. The van der Waals surface area contributed by atoms with Gasteiger partial charge in [-0.05, 0) is 50.1 Å². The Morgan fingerprint density at radius 1 is 1.12 bits per heavy atom. The molecule has 0 fully saturated rings. The number of aromatic amines is 1. The summed E-state index contributed by atoms with van der Waals surface area (Å²) in [6, 6.07) is 10.7. The van der Waals surface area contributed by atoms with Gasteiger partial charge >= 0.3 is 0 Å². The number of carbonyl (C=O) groups is 1. The maximum atomic E-state index is 12.8. The number of nitrogens with one attached hydrogen (secondary N) is 2. The van der Waals surface area contributed by atoms with Gasteiger partial charge in [0.25, 0.3) is 11.5 Å². The van der Waals surface area contributed by atoms with E-state index in [-0.39, 0.29) is 17.3 Å². The Hall–Kier alpha value is -4.47. The average Bonchev–Trinajstić information content (AvgIpc) is 3.50. The molecule has 32 heavy (non-hydrogen) atoms. The minimum Gasteiger partial charge on any atom is -0.459 e. The third-order valence-electron chi connectivity index (χ3n) is 5.25. The average molecular weight is 429 g/mol. The van der Waals surface area contributed by atoms with E-state index in [0.29, 0.717) is 22.5 Å². The molecule has 0 aliphatic heterocycles. The van der Waals surface area contributed by atoms with E-state index in [2.05, 4.69) is 25.5 Å². The smallest absolute Gasteiger partial charge is 0.292 e. The first kappa shape index (κ1) is 19.5. The van der Waals surface area contributed by atoms with Gasteiger partial charge in [-0.25, -0.2) is 4.68 Å². The fraction of sp³-hybridized carbons (Fsp3) is 0.136. The molecule has 4 aromatic heterocycles. The zero-order valence-corrected chi connectivity index (χ0v) is 17.6. The molecule has 0 radical (unpaired) electrons. The number of carbonyl (C=O) groups excluding carboxylic acids is 1. The molecule has 0 bridgehead atoms. The molecule has 0 spiro atoms. The van der Waals surface area contributed by atoms with E-state index in [1.54, 1.807) is 29.8 Å². The van der Waals surface area contributed by atoms with Crippen LogP contribution in [0.25, 0.3) is 22.7 Å². The topological polar surface area (TPSA) is 124 Å². The molecule has 5 aromatic rings. The van der Waals surface area contributed by atoms with Gasteiger partial charge in [-0.2, -0.15) is 19.9 Å². The number of amides is 1. The van der Waals surface area contributed by atoms with Gasteiger partial charge in [0.15, 0.2) is 11.4 Å². The Kier molecular flexibility index (Phi) is 4.47. The van der Waals surface area contributed by atoms with Crippen LogP contribution in [-0.4, -0.2) is 35.4 Å². The molecular weight excluding hydrogens is 410 g/mol. The Morgan fingerprint density at radius 3 is 2.75 bits per heavy atom. The summed E-state index contributed by atoms with van der Waals surface area (Å²) in [7, 11) is 0. The van der Waals surface area contributed by atoms with Gasteiger partial charge in [-0.3, -0.25) is 14.6 Å². The highest BCUT2D eigenvalue weighted by Gasteiger charge is 2.18. The van der Waals surface area contributed by atoms with Gasteiger partial charge in [0, 0.05) is 6.07 Å². The van der Waals surface area contributed by atoms with Crippen molar-refractivity contribution < 1.29 is 9.21 Å². The molecule has 1 aromatic carbocycles. The minimum absolute atomic E-state index is 0.150. The second kappa shape index (κ2) is 7.34. The third-order valence-corrected chi connectivity index (χ3v) is 5.25. The number of rotatable bonds is 4. The zero-order valence-electron chi connectivity index (χ0n) is 17.6. The van der Waals surface area contributed by atoms with Gasteiger partial charge in [-0.1, -0.05) is 12.1 Å². The third kappa shape index (κ3) is 3.18. The SMILES string of the molecule is Cc1cc(NC(=O)c2ccco2)n(-c2nc3c(cnn3-c3cccc(C)c3C)c(=O)[nH]2)n1. The summed E-state index contributed by atoms with van der Waals surface area (Å²) < 4.78 is 8.15. The standard InChI is InChI=1S/C22H19N7O3/c1-12-6-4-7-16(14(12)3)28-19-15(11-23-28)20(30)26-22(25-19)29-18(10-13(2)27-29)24-21(31)17-8-5-9-32-17/h4-11H,1-3H3,(H,24,31)(H,25,26,30). The lowest BCUT2D eigenvalue weighted by Crippen LogP contribution is -2.19. The molecule has 4 heterocycles. The molecule has 0 aliphatic rings. The fourth-order valence-corrected chi connectivity index (χ4v) is 3.48. The lowest BCUT2D eigenvalue weighted by Gasteiger charge is -2.10. The molecule has 10 heteroatoms. The number of hydrogen-bond acceptors (Lipinski definition) is 6. The highest BCUT2D eigenvalue weighted by molar-refractivity contribution is 6.01. The summed E-state index contributed by atoms with van der Waals surface area (Å²) in [4.78, 5) is 32.6. The van der Waals surface area contributed by atoms with E-state index in [1.165, 1.54) is 17.1 Å². The second-order valence-electron chi connectivity index (χ2n) is 7.42. The highest BCUT2D eigenvalue weighted by atomic mass is 16.3. The quantitative estimate of drug-likeness (QED) is 0.453. The van der Waals surface area contributed by atoms with Crippen LogP contribution in [0.15, 0.2) is 58.1 Å². The normalized spacial score (nSPS) is 11.2. The van der Waals surface area contributed by atoms with Crippen LogP contribution in [0.4, 0.5) is 5.82 Å². The number of nitrogens with zero attached hydrogens (tertiary/aromatic N) is 5.